The highest BCUT2D eigenvalue weighted by atomic mass is 32.2. The van der Waals surface area contributed by atoms with Crippen LogP contribution in [0.15, 0.2) is 58.4 Å². The molecule has 0 radical (unpaired) electrons. The molecule has 2 N–H and O–H groups in total. The molecular weight excluding hydrogens is 396 g/mol. The molecule has 0 aliphatic carbocycles. The molecular formula is C19H16F4N2O2S. The number of benzene rings is 2. The van der Waals surface area contributed by atoms with Crippen LogP contribution < -0.4 is 5.14 Å². The highest BCUT2D eigenvalue weighted by Crippen LogP contribution is 2.40. The molecule has 1 unspecified atom stereocenters. The van der Waals surface area contributed by atoms with Crippen LogP contribution in [-0.4, -0.2) is 21.2 Å². The van der Waals surface area contributed by atoms with Gasteiger partial charge < -0.3 is 0 Å². The van der Waals surface area contributed by atoms with Gasteiger partial charge in [0, 0.05) is 6.21 Å². The fraction of sp³-hybridized carbons (Fsp3) is 0.211. The van der Waals surface area contributed by atoms with Crippen molar-refractivity contribution in [1.29, 1.82) is 0 Å². The maximum Gasteiger partial charge on any atom is 0.416 e. The van der Waals surface area contributed by atoms with Crippen LogP contribution in [0.3, 0.4) is 0 Å². The summed E-state index contributed by atoms with van der Waals surface area (Å²) in [4.78, 5) is 3.45. The van der Waals surface area contributed by atoms with E-state index in [0.717, 1.165) is 18.2 Å². The molecule has 0 bridgehead atoms. The van der Waals surface area contributed by atoms with E-state index < -0.39 is 37.9 Å². The number of aryl methyl sites for hydroxylation is 1. The Morgan fingerprint density at radius 3 is 2.29 bits per heavy atom. The summed E-state index contributed by atoms with van der Waals surface area (Å²) < 4.78 is 77.5. The molecule has 0 fully saturated rings. The molecule has 4 nitrogen and oxygen atoms in total. The van der Waals surface area contributed by atoms with Crippen LogP contribution in [-0.2, 0) is 21.6 Å². The van der Waals surface area contributed by atoms with E-state index in [2.05, 4.69) is 4.99 Å². The van der Waals surface area contributed by atoms with Crippen molar-refractivity contribution in [2.45, 2.75) is 23.4 Å². The average Bonchev–Trinajstić information content (AvgIpc) is 2.60. The largest absolute Gasteiger partial charge is 0.416 e. The number of hydrogen-bond acceptors (Lipinski definition) is 3. The first-order valence-electron chi connectivity index (χ1n) is 8.14. The Labute approximate surface area is 159 Å². The van der Waals surface area contributed by atoms with Gasteiger partial charge in [-0.25, -0.2) is 17.9 Å². The predicted octanol–water partition coefficient (Wildman–Crippen LogP) is 3.73. The first-order valence-corrected chi connectivity index (χ1v) is 9.68. The summed E-state index contributed by atoms with van der Waals surface area (Å²) in [6.45, 7) is 1.40. The Kier molecular flexibility index (Phi) is 4.93. The normalized spacial score (nSPS) is 19.8. The monoisotopic (exact) mass is 412 g/mol. The quantitative estimate of drug-likeness (QED) is 0.781. The van der Waals surface area contributed by atoms with Crippen molar-refractivity contribution in [1.82, 2.24) is 0 Å². The summed E-state index contributed by atoms with van der Waals surface area (Å²) in [7, 11) is -4.27. The second kappa shape index (κ2) is 6.82. The Balaban J connectivity index is 2.23. The van der Waals surface area contributed by atoms with Gasteiger partial charge in [-0.2, -0.15) is 13.2 Å². The fourth-order valence-electron chi connectivity index (χ4n) is 3.27. The second-order valence-corrected chi connectivity index (χ2v) is 8.07. The number of halogens is 4. The van der Waals surface area contributed by atoms with Crippen molar-refractivity contribution in [3.8, 4) is 0 Å². The number of aliphatic imine (C=N–C) groups is 1. The molecule has 1 aliphatic heterocycles. The SMILES string of the molecule is Cc1ccc(C2(c3ccc(S(N)(=O)=O)c(F)c3)C=CC=NC2)cc1C(F)(F)F. The standard InChI is InChI=1S/C19H16F4N2O2S/c1-12-3-4-13(9-15(12)19(21,22)23)18(7-2-8-25-11-18)14-5-6-17(16(20)10-14)28(24,26)27/h2-10H,11H2,1H3,(H2,24,26,27). The van der Waals surface area contributed by atoms with Crippen molar-refractivity contribution in [2.24, 2.45) is 10.1 Å². The number of alkyl halides is 3. The molecule has 9 heteroatoms. The lowest BCUT2D eigenvalue weighted by atomic mass is 9.72. The van der Waals surface area contributed by atoms with Crippen molar-refractivity contribution >= 4 is 16.2 Å². The smallest absolute Gasteiger partial charge is 0.292 e. The van der Waals surface area contributed by atoms with E-state index in [1.54, 1.807) is 12.2 Å². The van der Waals surface area contributed by atoms with Gasteiger partial charge in [0.25, 0.3) is 0 Å². The molecule has 0 saturated carbocycles. The third kappa shape index (κ3) is 3.59. The summed E-state index contributed by atoms with van der Waals surface area (Å²) in [5, 5.41) is 4.98. The summed E-state index contributed by atoms with van der Waals surface area (Å²) in [5.41, 5.74) is -1.39. The maximum atomic E-state index is 14.4. The summed E-state index contributed by atoms with van der Waals surface area (Å²) in [6.07, 6.45) is 0.121. The van der Waals surface area contributed by atoms with Gasteiger partial charge in [0.05, 0.1) is 17.5 Å². The van der Waals surface area contributed by atoms with Crippen molar-refractivity contribution < 1.29 is 26.0 Å². The first-order chi connectivity index (χ1) is 12.9. The van der Waals surface area contributed by atoms with Crippen LogP contribution in [0.25, 0.3) is 0 Å². The molecule has 148 valence electrons. The third-order valence-electron chi connectivity index (χ3n) is 4.72. The van der Waals surface area contributed by atoms with Gasteiger partial charge in [0.2, 0.25) is 10.0 Å². The molecule has 2 aromatic rings. The number of nitrogens with two attached hydrogens (primary N) is 1. The van der Waals surface area contributed by atoms with Gasteiger partial charge in [-0.3, -0.25) is 4.99 Å². The molecule has 3 rings (SSSR count). The van der Waals surface area contributed by atoms with Crippen molar-refractivity contribution in [3.05, 3.63) is 76.6 Å². The van der Waals surface area contributed by atoms with E-state index in [4.69, 9.17) is 5.14 Å². The highest BCUT2D eigenvalue weighted by Gasteiger charge is 2.38. The Hall–Kier alpha value is -2.52. The van der Waals surface area contributed by atoms with Crippen LogP contribution in [0.4, 0.5) is 17.6 Å². The second-order valence-electron chi connectivity index (χ2n) is 6.54. The fourth-order valence-corrected chi connectivity index (χ4v) is 3.86. The molecule has 28 heavy (non-hydrogen) atoms. The highest BCUT2D eigenvalue weighted by molar-refractivity contribution is 7.89. The van der Waals surface area contributed by atoms with E-state index in [1.807, 2.05) is 0 Å². The topological polar surface area (TPSA) is 72.5 Å². The zero-order valence-electron chi connectivity index (χ0n) is 14.7. The van der Waals surface area contributed by atoms with E-state index in [-0.39, 0.29) is 23.2 Å². The number of primary sulfonamides is 1. The number of nitrogens with zero attached hydrogens (tertiary/aromatic N) is 1. The lowest BCUT2D eigenvalue weighted by Crippen LogP contribution is -2.31. The minimum atomic E-state index is -4.55. The molecule has 1 heterocycles. The average molecular weight is 412 g/mol. The number of hydrogen-bond donors (Lipinski definition) is 1. The molecule has 1 atom stereocenters. The van der Waals surface area contributed by atoms with Gasteiger partial charge in [-0.15, -0.1) is 0 Å². The van der Waals surface area contributed by atoms with Gasteiger partial charge in [0.1, 0.15) is 10.7 Å². The van der Waals surface area contributed by atoms with Crippen molar-refractivity contribution in [2.75, 3.05) is 6.54 Å². The molecule has 0 spiro atoms. The van der Waals surface area contributed by atoms with E-state index in [1.165, 1.54) is 31.3 Å². The van der Waals surface area contributed by atoms with Crippen LogP contribution in [0, 0.1) is 12.7 Å². The lowest BCUT2D eigenvalue weighted by molar-refractivity contribution is -0.138. The molecule has 0 amide bonds. The Morgan fingerprint density at radius 1 is 1.11 bits per heavy atom. The zero-order valence-corrected chi connectivity index (χ0v) is 15.5. The summed E-state index contributed by atoms with van der Waals surface area (Å²) in [6, 6.07) is 7.21. The summed E-state index contributed by atoms with van der Waals surface area (Å²) in [5.74, 6) is -1.08. The Morgan fingerprint density at radius 2 is 1.75 bits per heavy atom. The zero-order chi connectivity index (χ0) is 20.7. The number of dihydropyridines is 1. The predicted molar refractivity (Wildman–Crippen MR) is 97.2 cm³/mol. The van der Waals surface area contributed by atoms with Gasteiger partial charge in [-0.1, -0.05) is 24.3 Å². The van der Waals surface area contributed by atoms with Crippen molar-refractivity contribution in [3.63, 3.8) is 0 Å². The molecule has 0 saturated heterocycles. The number of allylic oxidation sites excluding steroid dienone is 1. The third-order valence-corrected chi connectivity index (χ3v) is 5.67. The Bertz CT molecular complexity index is 1090. The summed E-state index contributed by atoms with van der Waals surface area (Å²) >= 11 is 0. The molecule has 2 aromatic carbocycles. The van der Waals surface area contributed by atoms with E-state index >= 15 is 0 Å². The molecule has 1 aliphatic rings. The first kappa shape index (κ1) is 20.2. The van der Waals surface area contributed by atoms with Crippen LogP contribution in [0.2, 0.25) is 0 Å². The maximum absolute atomic E-state index is 14.4. The lowest BCUT2D eigenvalue weighted by Gasteiger charge is -2.33. The van der Waals surface area contributed by atoms with Crippen LogP contribution in [0.1, 0.15) is 22.3 Å². The van der Waals surface area contributed by atoms with Gasteiger partial charge in [-0.05, 0) is 47.9 Å². The number of sulfonamides is 1. The number of rotatable bonds is 3. The van der Waals surface area contributed by atoms with Crippen LogP contribution >= 0.6 is 0 Å². The van der Waals surface area contributed by atoms with Gasteiger partial charge in [0.15, 0.2) is 0 Å². The minimum Gasteiger partial charge on any atom is -0.292 e. The van der Waals surface area contributed by atoms with Crippen LogP contribution in [0.5, 0.6) is 0 Å². The van der Waals surface area contributed by atoms with Gasteiger partial charge >= 0.3 is 6.18 Å². The molecule has 0 aromatic heterocycles. The van der Waals surface area contributed by atoms with E-state index in [0.29, 0.717) is 0 Å². The van der Waals surface area contributed by atoms with E-state index in [9.17, 15) is 26.0 Å². The minimum absolute atomic E-state index is 0.0397.